The van der Waals surface area contributed by atoms with Crippen molar-refractivity contribution in [3.8, 4) is 0 Å². The Morgan fingerprint density at radius 2 is 0.0625 bits per heavy atom. The SMILES string of the molecule is [CH3-].[CH3-].[CH3-].[CH3-].[CH3-].[CH3-].[CH3-].[CH3-].[CH3-].[CH3-].[CH3-].[CH3-].[CH3-].[CH3-].[CH3-].[CH3-].[CH3-].[CH3-].[CH3-].[CH3-].[CH3-].[CH3-].[CH3-].[CH3-].[K+].[K+].[K+].[K+].[K+].[K+].[K+].[K+].[K+].[K+].[K+].[K+].[NH2-].[NH2-].[NH2-].[NH2-].[NH2-].[NH2-].[NH2-].[NH2-].[NH2-].[NH2-].[NH2-].[NH2-]. The molecule has 0 aliphatic carbocycles. The van der Waals surface area contributed by atoms with Crippen LogP contribution >= 0.6 is 0 Å². The fraction of sp³-hybridized carbons (Fsp3) is 0. The van der Waals surface area contributed by atoms with E-state index in [2.05, 4.69) is 0 Å². The van der Waals surface area contributed by atoms with Gasteiger partial charge in [-0.2, -0.15) is 0 Å². The fourth-order valence-corrected chi connectivity index (χ4v) is 0. The van der Waals surface area contributed by atoms with E-state index in [4.69, 9.17) is 0 Å². The van der Waals surface area contributed by atoms with Crippen LogP contribution in [0.1, 0.15) is 0 Å². The first-order valence-corrected chi connectivity index (χ1v) is 0. The molecular formula is C24H96K12N12-24. The van der Waals surface area contributed by atoms with Gasteiger partial charge in [0.1, 0.15) is 0 Å². The van der Waals surface area contributed by atoms with Gasteiger partial charge in [-0.15, -0.1) is 0 Å². The van der Waals surface area contributed by atoms with Crippen LogP contribution in [0.15, 0.2) is 0 Å². The van der Waals surface area contributed by atoms with Crippen molar-refractivity contribution in [1.29, 1.82) is 0 Å². The van der Waals surface area contributed by atoms with Gasteiger partial charge in [0.15, 0.2) is 0 Å². The third-order valence-electron chi connectivity index (χ3n) is 0. The summed E-state index contributed by atoms with van der Waals surface area (Å²) < 4.78 is 0. The summed E-state index contributed by atoms with van der Waals surface area (Å²) in [5, 5.41) is 0. The molecule has 0 bridgehead atoms. The molecule has 12 nitrogen and oxygen atoms in total. The van der Waals surface area contributed by atoms with Gasteiger partial charge in [-0.1, -0.05) is 0 Å². The predicted molar refractivity (Wildman–Crippen MR) is 217 cm³/mol. The van der Waals surface area contributed by atoms with Gasteiger partial charge in [0.25, 0.3) is 0 Å². The molecule has 0 aliphatic heterocycles. The molecule has 24 heteroatoms. The topological polar surface area (TPSA) is 402 Å². The summed E-state index contributed by atoms with van der Waals surface area (Å²) in [6.07, 6.45) is 0. The average molecular weight is 1020 g/mol. The second-order valence-electron chi connectivity index (χ2n) is 0. The van der Waals surface area contributed by atoms with Crippen LogP contribution in [-0.2, 0) is 0 Å². The maximum Gasteiger partial charge on any atom is 1.00 e. The van der Waals surface area contributed by atoms with Crippen LogP contribution in [0.25, 0.3) is 73.8 Å². The van der Waals surface area contributed by atoms with Crippen LogP contribution < -0.4 is 617 Å². The molecule has 0 rings (SSSR count). The normalized spacial score (nSPS) is 0. The standard InChI is InChI=1S/24CH3.12K.12H2N/h24*1H3;;;;;;;;;;;;;12*1H2/q24*-1;12*+1;12*-1. The Morgan fingerprint density at radius 1 is 0.0625 bits per heavy atom. The van der Waals surface area contributed by atoms with Crippen molar-refractivity contribution in [2.24, 2.45) is 0 Å². The van der Waals surface area contributed by atoms with Crippen molar-refractivity contribution < 1.29 is 617 Å². The molecule has 0 aromatic carbocycles. The number of rotatable bonds is 0. The van der Waals surface area contributed by atoms with Crippen molar-refractivity contribution in [1.82, 2.24) is 0 Å². The number of hydrogen-bond acceptors (Lipinski definition) is 0. The molecule has 0 fully saturated rings. The second-order valence-corrected chi connectivity index (χ2v) is 0. The molecular weight excluding hydrogens is 926 g/mol. The van der Waals surface area contributed by atoms with E-state index in [-0.39, 0.29) is 869 Å². The van der Waals surface area contributed by atoms with E-state index in [0.29, 0.717) is 0 Å². The minimum Gasteiger partial charge on any atom is -0.693 e. The van der Waals surface area contributed by atoms with E-state index < -0.39 is 0 Å². The van der Waals surface area contributed by atoms with Crippen molar-refractivity contribution in [2.75, 3.05) is 0 Å². The summed E-state index contributed by atoms with van der Waals surface area (Å²) >= 11 is 0. The van der Waals surface area contributed by atoms with E-state index in [1.165, 1.54) is 0 Å². The maximum atomic E-state index is 0. The number of nitrogens with two attached hydrogens (primary N) is 12. The van der Waals surface area contributed by atoms with Gasteiger partial charge in [0.05, 0.1) is 0 Å². The largest absolute Gasteiger partial charge is 1.00 e. The van der Waals surface area contributed by atoms with Gasteiger partial charge in [-0.25, -0.2) is 0 Å². The molecule has 0 aromatic heterocycles. The van der Waals surface area contributed by atoms with Gasteiger partial charge in [0.2, 0.25) is 0 Å². The van der Waals surface area contributed by atoms with Crippen molar-refractivity contribution in [3.05, 3.63) is 252 Å². The zero-order chi connectivity index (χ0) is 0. The van der Waals surface area contributed by atoms with Gasteiger partial charge in [-0.3, -0.25) is 0 Å². The molecule has 0 saturated heterocycles. The van der Waals surface area contributed by atoms with E-state index in [9.17, 15) is 0 Å². The molecule has 0 aliphatic rings. The van der Waals surface area contributed by atoms with Crippen molar-refractivity contribution in [3.63, 3.8) is 0 Å². The van der Waals surface area contributed by atoms with E-state index in [1.807, 2.05) is 0 Å². The zero-order valence-corrected chi connectivity index (χ0v) is 80.4. The third-order valence-corrected chi connectivity index (χ3v) is 0. The molecule has 0 unspecified atom stereocenters. The van der Waals surface area contributed by atoms with Crippen LogP contribution in [0, 0.1) is 178 Å². The Kier molecular flexibility index (Phi) is 12800. The predicted octanol–water partition coefficient (Wildman–Crippen LogP) is -16.5. The van der Waals surface area contributed by atoms with Crippen LogP contribution in [0.5, 0.6) is 0 Å². The fourth-order valence-electron chi connectivity index (χ4n) is 0. The molecule has 24 N–H and O–H groups in total. The van der Waals surface area contributed by atoms with Gasteiger partial charge in [-0.05, 0) is 0 Å². The van der Waals surface area contributed by atoms with E-state index >= 15 is 0 Å². The quantitative estimate of drug-likeness (QED) is 0.161. The molecule has 288 valence electrons. The van der Waals surface area contributed by atoms with Crippen LogP contribution in [0.2, 0.25) is 0 Å². The Morgan fingerprint density at radius 3 is 0.0625 bits per heavy atom. The summed E-state index contributed by atoms with van der Waals surface area (Å²) in [7, 11) is 0. The third kappa shape index (κ3) is 731. The molecule has 0 aromatic rings. The summed E-state index contributed by atoms with van der Waals surface area (Å²) in [4.78, 5) is 0. The van der Waals surface area contributed by atoms with Gasteiger partial charge >= 0.3 is 617 Å². The molecule has 0 saturated carbocycles. The Balaban J connectivity index is 0. The molecule has 0 atom stereocenters. The van der Waals surface area contributed by atoms with Crippen LogP contribution in [-0.4, -0.2) is 0 Å². The van der Waals surface area contributed by atoms with Gasteiger partial charge < -0.3 is 252 Å². The van der Waals surface area contributed by atoms with Gasteiger partial charge in [0, 0.05) is 0 Å². The van der Waals surface area contributed by atoms with Crippen LogP contribution in [0.4, 0.5) is 0 Å². The first kappa shape index (κ1) is 801. The number of hydrogen-bond donors (Lipinski definition) is 0. The molecule has 0 spiro atoms. The Bertz CT molecular complexity index is 72.0. The summed E-state index contributed by atoms with van der Waals surface area (Å²) in [6, 6.07) is 0. The van der Waals surface area contributed by atoms with E-state index in [1.54, 1.807) is 0 Å². The molecule has 0 radical (unpaired) electrons. The van der Waals surface area contributed by atoms with E-state index in [0.717, 1.165) is 0 Å². The molecule has 48 heavy (non-hydrogen) atoms. The smallest absolute Gasteiger partial charge is 0.693 e. The first-order valence-electron chi connectivity index (χ1n) is 0. The van der Waals surface area contributed by atoms with Crippen molar-refractivity contribution >= 4 is 0 Å². The minimum atomic E-state index is 0. The zero-order valence-electron chi connectivity index (χ0n) is 42.9. The second kappa shape index (κ2) is 765. The summed E-state index contributed by atoms with van der Waals surface area (Å²) in [5.74, 6) is 0. The maximum absolute atomic E-state index is 0. The van der Waals surface area contributed by atoms with Crippen LogP contribution in [0.3, 0.4) is 0 Å². The minimum absolute atomic E-state index is 0. The monoisotopic (exact) mass is 1020 g/mol. The summed E-state index contributed by atoms with van der Waals surface area (Å²) in [6.45, 7) is 0. The Hall–Kier alpha value is 19.2. The summed E-state index contributed by atoms with van der Waals surface area (Å²) in [5.41, 5.74) is 0. The average Bonchev–Trinajstić information content (AvgIpc) is 0. The van der Waals surface area contributed by atoms with Crippen molar-refractivity contribution in [2.45, 2.75) is 0 Å². The first-order chi connectivity index (χ1) is 0. The molecule has 0 heterocycles. The molecule has 0 amide bonds. The Labute approximate surface area is 839 Å².